The van der Waals surface area contributed by atoms with E-state index in [1.165, 1.54) is 5.56 Å². The first kappa shape index (κ1) is 10.9. The summed E-state index contributed by atoms with van der Waals surface area (Å²) < 4.78 is 0. The van der Waals surface area contributed by atoms with E-state index >= 15 is 0 Å². The third kappa shape index (κ3) is 3.30. The minimum atomic E-state index is -0.337. The number of hydrogen-bond acceptors (Lipinski definition) is 2. The van der Waals surface area contributed by atoms with Gasteiger partial charge in [0.25, 0.3) is 0 Å². The molecule has 2 heteroatoms. The van der Waals surface area contributed by atoms with E-state index in [9.17, 15) is 4.79 Å². The molecule has 0 unspecified atom stereocenters. The number of carbonyl (C=O) groups is 1. The molecule has 0 heterocycles. The Morgan fingerprint density at radius 1 is 1.36 bits per heavy atom. The number of Topliss-reactive ketones (excluding diaryl/α,β-unsaturated/α-hetero) is 1. The molecule has 2 nitrogen and oxygen atoms in total. The summed E-state index contributed by atoms with van der Waals surface area (Å²) in [5, 5.41) is 8.65. The smallest absolute Gasteiger partial charge is 0.160 e. The lowest BCUT2D eigenvalue weighted by Gasteiger charge is -2.07. The van der Waals surface area contributed by atoms with Gasteiger partial charge in [-0.05, 0) is 18.4 Å². The molecule has 0 aliphatic carbocycles. The summed E-state index contributed by atoms with van der Waals surface area (Å²) in [7, 11) is 0. The van der Waals surface area contributed by atoms with Crippen molar-refractivity contribution in [1.29, 1.82) is 0 Å². The standard InChI is InChI=1S/C12H16O2/c1-10(12(14)9-13)7-8-11-5-3-2-4-6-11/h2-6,10,13H,7-9H2,1H3/t10-/m1/s1. The van der Waals surface area contributed by atoms with Crippen LogP contribution in [0.25, 0.3) is 0 Å². The minimum absolute atomic E-state index is 0.0415. The van der Waals surface area contributed by atoms with Gasteiger partial charge in [0.1, 0.15) is 6.61 Å². The molecule has 0 saturated carbocycles. The Kier molecular flexibility index (Phi) is 4.33. The summed E-state index contributed by atoms with van der Waals surface area (Å²) in [6.45, 7) is 1.53. The predicted octanol–water partition coefficient (Wildman–Crippen LogP) is 1.82. The Labute approximate surface area is 84.6 Å². The Bertz CT molecular complexity index is 280. The monoisotopic (exact) mass is 192 g/mol. The average Bonchev–Trinajstić information content (AvgIpc) is 2.26. The SMILES string of the molecule is C[C@H](CCc1ccccc1)C(=O)CO. The fourth-order valence-corrected chi connectivity index (χ4v) is 1.34. The third-order valence-electron chi connectivity index (χ3n) is 2.41. The van der Waals surface area contributed by atoms with Crippen molar-refractivity contribution in [2.75, 3.05) is 6.61 Å². The summed E-state index contributed by atoms with van der Waals surface area (Å²) in [5.74, 6) is -0.110. The first-order chi connectivity index (χ1) is 6.74. The van der Waals surface area contributed by atoms with Gasteiger partial charge in [-0.2, -0.15) is 0 Å². The molecule has 0 radical (unpaired) electrons. The molecule has 1 atom stereocenters. The van der Waals surface area contributed by atoms with E-state index in [1.807, 2.05) is 25.1 Å². The highest BCUT2D eigenvalue weighted by molar-refractivity contribution is 5.81. The molecule has 14 heavy (non-hydrogen) atoms. The molecule has 0 aliphatic heterocycles. The first-order valence-corrected chi connectivity index (χ1v) is 4.91. The zero-order chi connectivity index (χ0) is 10.4. The van der Waals surface area contributed by atoms with Gasteiger partial charge in [0.2, 0.25) is 0 Å². The molecular formula is C12H16O2. The van der Waals surface area contributed by atoms with Gasteiger partial charge in [-0.15, -0.1) is 0 Å². The van der Waals surface area contributed by atoms with Crippen molar-refractivity contribution in [2.24, 2.45) is 5.92 Å². The summed E-state index contributed by atoms with van der Waals surface area (Å²) in [4.78, 5) is 11.1. The average molecular weight is 192 g/mol. The van der Waals surface area contributed by atoms with E-state index in [2.05, 4.69) is 12.1 Å². The Balaban J connectivity index is 2.38. The molecule has 1 N–H and O–H groups in total. The summed E-state index contributed by atoms with van der Waals surface area (Å²) in [6, 6.07) is 10.1. The van der Waals surface area contributed by atoms with Gasteiger partial charge in [-0.25, -0.2) is 0 Å². The molecule has 0 bridgehead atoms. The normalized spacial score (nSPS) is 12.4. The summed E-state index contributed by atoms with van der Waals surface area (Å²) in [6.07, 6.45) is 1.71. The largest absolute Gasteiger partial charge is 0.389 e. The highest BCUT2D eigenvalue weighted by Gasteiger charge is 2.10. The maximum absolute atomic E-state index is 11.1. The lowest BCUT2D eigenvalue weighted by atomic mass is 9.98. The number of hydrogen-bond donors (Lipinski definition) is 1. The second-order valence-corrected chi connectivity index (χ2v) is 3.55. The van der Waals surface area contributed by atoms with Crippen molar-refractivity contribution in [1.82, 2.24) is 0 Å². The molecule has 0 aliphatic rings. The van der Waals surface area contributed by atoms with Gasteiger partial charge in [0, 0.05) is 5.92 Å². The molecule has 0 saturated heterocycles. The Hall–Kier alpha value is -1.15. The van der Waals surface area contributed by atoms with Gasteiger partial charge < -0.3 is 5.11 Å². The number of aryl methyl sites for hydroxylation is 1. The van der Waals surface area contributed by atoms with E-state index in [0.717, 1.165) is 12.8 Å². The number of ketones is 1. The van der Waals surface area contributed by atoms with Crippen LogP contribution in [-0.2, 0) is 11.2 Å². The minimum Gasteiger partial charge on any atom is -0.389 e. The van der Waals surface area contributed by atoms with Gasteiger partial charge >= 0.3 is 0 Å². The second-order valence-electron chi connectivity index (χ2n) is 3.55. The zero-order valence-corrected chi connectivity index (χ0v) is 8.44. The summed E-state index contributed by atoms with van der Waals surface area (Å²) in [5.41, 5.74) is 1.24. The van der Waals surface area contributed by atoms with Gasteiger partial charge in [-0.1, -0.05) is 37.3 Å². The third-order valence-corrected chi connectivity index (χ3v) is 2.41. The van der Waals surface area contributed by atoms with Crippen molar-refractivity contribution in [2.45, 2.75) is 19.8 Å². The van der Waals surface area contributed by atoms with Crippen LogP contribution < -0.4 is 0 Å². The van der Waals surface area contributed by atoms with Gasteiger partial charge in [0.05, 0.1) is 0 Å². The lowest BCUT2D eigenvalue weighted by molar-refractivity contribution is -0.125. The lowest BCUT2D eigenvalue weighted by Crippen LogP contribution is -2.15. The van der Waals surface area contributed by atoms with E-state index in [4.69, 9.17) is 5.11 Å². The first-order valence-electron chi connectivity index (χ1n) is 4.91. The van der Waals surface area contributed by atoms with Crippen LogP contribution in [0.15, 0.2) is 30.3 Å². The van der Waals surface area contributed by atoms with E-state index in [-0.39, 0.29) is 18.3 Å². The van der Waals surface area contributed by atoms with Gasteiger partial charge in [-0.3, -0.25) is 4.79 Å². The highest BCUT2D eigenvalue weighted by atomic mass is 16.3. The maximum atomic E-state index is 11.1. The predicted molar refractivity (Wildman–Crippen MR) is 56.0 cm³/mol. The van der Waals surface area contributed by atoms with Crippen molar-refractivity contribution < 1.29 is 9.90 Å². The second kappa shape index (κ2) is 5.55. The van der Waals surface area contributed by atoms with Crippen LogP contribution >= 0.6 is 0 Å². The zero-order valence-electron chi connectivity index (χ0n) is 8.44. The highest BCUT2D eigenvalue weighted by Crippen LogP contribution is 2.09. The van der Waals surface area contributed by atoms with E-state index < -0.39 is 0 Å². The van der Waals surface area contributed by atoms with E-state index in [1.54, 1.807) is 0 Å². The number of aliphatic hydroxyl groups is 1. The van der Waals surface area contributed by atoms with Crippen LogP contribution in [0.2, 0.25) is 0 Å². The van der Waals surface area contributed by atoms with Crippen molar-refractivity contribution in [3.63, 3.8) is 0 Å². The molecule has 1 aromatic rings. The fraction of sp³-hybridized carbons (Fsp3) is 0.417. The van der Waals surface area contributed by atoms with E-state index in [0.29, 0.717) is 0 Å². The van der Waals surface area contributed by atoms with Crippen molar-refractivity contribution in [3.8, 4) is 0 Å². The van der Waals surface area contributed by atoms with Crippen LogP contribution in [0.5, 0.6) is 0 Å². The Morgan fingerprint density at radius 3 is 2.57 bits per heavy atom. The fourth-order valence-electron chi connectivity index (χ4n) is 1.34. The molecule has 1 aromatic carbocycles. The number of aliphatic hydroxyl groups excluding tert-OH is 1. The van der Waals surface area contributed by atoms with Gasteiger partial charge in [0.15, 0.2) is 5.78 Å². The molecule has 76 valence electrons. The summed E-state index contributed by atoms with van der Waals surface area (Å²) >= 11 is 0. The molecular weight excluding hydrogens is 176 g/mol. The number of carbonyl (C=O) groups excluding carboxylic acids is 1. The topological polar surface area (TPSA) is 37.3 Å². The number of benzene rings is 1. The van der Waals surface area contributed by atoms with Crippen LogP contribution in [0, 0.1) is 5.92 Å². The quantitative estimate of drug-likeness (QED) is 0.772. The van der Waals surface area contributed by atoms with Crippen LogP contribution in [0.1, 0.15) is 18.9 Å². The van der Waals surface area contributed by atoms with Crippen molar-refractivity contribution in [3.05, 3.63) is 35.9 Å². The van der Waals surface area contributed by atoms with Crippen LogP contribution in [0.3, 0.4) is 0 Å². The molecule has 0 fully saturated rings. The molecule has 0 amide bonds. The molecule has 0 spiro atoms. The van der Waals surface area contributed by atoms with Crippen LogP contribution in [0.4, 0.5) is 0 Å². The maximum Gasteiger partial charge on any atom is 0.160 e. The molecule has 1 rings (SSSR count). The number of rotatable bonds is 5. The Morgan fingerprint density at radius 2 is 2.00 bits per heavy atom. The van der Waals surface area contributed by atoms with Crippen molar-refractivity contribution >= 4 is 5.78 Å². The molecule has 0 aromatic heterocycles. The van der Waals surface area contributed by atoms with Crippen LogP contribution in [-0.4, -0.2) is 17.5 Å².